The predicted molar refractivity (Wildman–Crippen MR) is 98.9 cm³/mol. The quantitative estimate of drug-likeness (QED) is 0.788. The molecule has 1 fully saturated rings. The molecule has 0 radical (unpaired) electrons. The van der Waals surface area contributed by atoms with Crippen LogP contribution in [0, 0.1) is 11.7 Å². The Morgan fingerprint density at radius 2 is 1.78 bits per heavy atom. The van der Waals surface area contributed by atoms with Crippen molar-refractivity contribution in [2.45, 2.75) is 19.3 Å². The van der Waals surface area contributed by atoms with Gasteiger partial charge in [-0.1, -0.05) is 12.1 Å². The van der Waals surface area contributed by atoms with Gasteiger partial charge >= 0.3 is 6.03 Å². The molecule has 0 bridgehead atoms. The maximum atomic E-state index is 13.0. The van der Waals surface area contributed by atoms with E-state index < -0.39 is 6.03 Å². The van der Waals surface area contributed by atoms with E-state index in [1.165, 1.54) is 17.7 Å². The van der Waals surface area contributed by atoms with Gasteiger partial charge in [0.2, 0.25) is 0 Å². The van der Waals surface area contributed by atoms with Crippen molar-refractivity contribution >= 4 is 6.03 Å². The molecule has 0 aliphatic carbocycles. The Morgan fingerprint density at radius 3 is 2.56 bits per heavy atom. The molecule has 1 saturated heterocycles. The number of urea groups is 1. The Hall–Kier alpha value is -2.60. The second-order valence-electron chi connectivity index (χ2n) is 7.12. The number of likely N-dealkylation sites (tertiary alicyclic amines) is 1. The summed E-state index contributed by atoms with van der Waals surface area (Å²) in [5.41, 5.74) is 1.21. The number of carbonyl (C=O) groups excluding carboxylic acids is 1. The molecule has 2 amide bonds. The minimum atomic E-state index is -0.453. The molecular formula is C21H22FN3O2. The second-order valence-corrected chi connectivity index (χ2v) is 7.12. The molecule has 0 unspecified atom stereocenters. The molecular weight excluding hydrogens is 345 g/mol. The van der Waals surface area contributed by atoms with Crippen molar-refractivity contribution in [3.8, 4) is 5.75 Å². The lowest BCUT2D eigenvalue weighted by Gasteiger charge is -2.31. The third-order valence-electron chi connectivity index (χ3n) is 5.20. The standard InChI is InChI=1S/C21H22FN3O2/c22-17-3-1-15(2-4-17)13-16-7-9-25(10-8-16)11-12-27-18-5-6-19-20(14-18)24-21(26)23-19/h1-6,14,16H,7-13H2. The molecule has 0 atom stereocenters. The van der Waals surface area contributed by atoms with E-state index in [4.69, 9.17) is 4.74 Å². The topological polar surface area (TPSA) is 54.3 Å². The van der Waals surface area contributed by atoms with Crippen LogP contribution in [0.5, 0.6) is 5.75 Å². The van der Waals surface area contributed by atoms with E-state index in [0.717, 1.165) is 38.9 Å². The van der Waals surface area contributed by atoms with E-state index in [1.807, 2.05) is 18.2 Å². The first kappa shape index (κ1) is 17.8. The van der Waals surface area contributed by atoms with Gasteiger partial charge in [0.05, 0.1) is 10.7 Å². The summed E-state index contributed by atoms with van der Waals surface area (Å²) in [6.07, 6.45) is 3.32. The van der Waals surface area contributed by atoms with Gasteiger partial charge < -0.3 is 4.74 Å². The number of nitrogens with zero attached hydrogens (tertiary/aromatic N) is 3. The average Bonchev–Trinajstić information content (AvgIpc) is 3.04. The predicted octanol–water partition coefficient (Wildman–Crippen LogP) is 2.53. The lowest BCUT2D eigenvalue weighted by Crippen LogP contribution is -2.37. The number of ether oxygens (including phenoxy) is 1. The number of hydrogen-bond donors (Lipinski definition) is 0. The number of benzene rings is 2. The molecule has 0 saturated carbocycles. The molecule has 5 nitrogen and oxygen atoms in total. The second kappa shape index (κ2) is 7.96. The normalized spacial score (nSPS) is 17.3. The Labute approximate surface area is 157 Å². The molecule has 0 spiro atoms. The van der Waals surface area contributed by atoms with Crippen LogP contribution in [0.15, 0.2) is 52.4 Å². The van der Waals surface area contributed by atoms with Crippen LogP contribution in [-0.4, -0.2) is 37.2 Å². The van der Waals surface area contributed by atoms with Gasteiger partial charge in [0, 0.05) is 12.6 Å². The molecule has 0 aromatic heterocycles. The van der Waals surface area contributed by atoms with E-state index in [-0.39, 0.29) is 5.82 Å². The zero-order valence-electron chi connectivity index (χ0n) is 15.1. The number of amides is 2. The Balaban J connectivity index is 1.21. The highest BCUT2D eigenvalue weighted by atomic mass is 19.1. The Kier molecular flexibility index (Phi) is 5.25. The maximum absolute atomic E-state index is 13.0. The highest BCUT2D eigenvalue weighted by Crippen LogP contribution is 2.21. The molecule has 2 heterocycles. The lowest BCUT2D eigenvalue weighted by atomic mass is 9.90. The molecule has 6 heteroatoms. The first-order chi connectivity index (χ1) is 13.2. The minimum absolute atomic E-state index is 0.174. The summed E-state index contributed by atoms with van der Waals surface area (Å²) < 4.78 is 18.8. The van der Waals surface area contributed by atoms with Crippen molar-refractivity contribution in [1.82, 2.24) is 4.90 Å². The van der Waals surface area contributed by atoms with E-state index in [0.29, 0.717) is 29.0 Å². The summed E-state index contributed by atoms with van der Waals surface area (Å²) in [7, 11) is 0. The van der Waals surface area contributed by atoms with Gasteiger partial charge in [0.25, 0.3) is 0 Å². The fourth-order valence-corrected chi connectivity index (χ4v) is 3.67. The van der Waals surface area contributed by atoms with Crippen LogP contribution < -0.4 is 15.5 Å². The van der Waals surface area contributed by atoms with Crippen LogP contribution in [0.2, 0.25) is 0 Å². The zero-order chi connectivity index (χ0) is 18.6. The van der Waals surface area contributed by atoms with Gasteiger partial charge in [-0.15, -0.1) is 0 Å². The van der Waals surface area contributed by atoms with Gasteiger partial charge in [-0.2, -0.15) is 9.98 Å². The van der Waals surface area contributed by atoms with Crippen LogP contribution in [-0.2, 0) is 6.42 Å². The van der Waals surface area contributed by atoms with E-state index in [1.54, 1.807) is 12.1 Å². The first-order valence-electron chi connectivity index (χ1n) is 9.37. The number of fused-ring (bicyclic) bond motifs is 1. The highest BCUT2D eigenvalue weighted by Gasteiger charge is 2.19. The third kappa shape index (κ3) is 4.57. The smallest absolute Gasteiger partial charge is 0.368 e. The van der Waals surface area contributed by atoms with Crippen molar-refractivity contribution in [3.05, 3.63) is 64.6 Å². The van der Waals surface area contributed by atoms with Gasteiger partial charge in [-0.3, -0.25) is 4.90 Å². The number of piperidine rings is 1. The van der Waals surface area contributed by atoms with Crippen LogP contribution in [0.3, 0.4) is 0 Å². The minimum Gasteiger partial charge on any atom is -0.492 e. The fraction of sp³-hybridized carbons (Fsp3) is 0.381. The molecule has 2 aliphatic rings. The number of hydrogen-bond acceptors (Lipinski definition) is 3. The summed E-state index contributed by atoms with van der Waals surface area (Å²) >= 11 is 0. The lowest BCUT2D eigenvalue weighted by molar-refractivity contribution is 0.155. The van der Waals surface area contributed by atoms with Gasteiger partial charge in [0.1, 0.15) is 18.2 Å². The number of carbonyl (C=O) groups is 1. The zero-order valence-corrected chi connectivity index (χ0v) is 15.1. The first-order valence-corrected chi connectivity index (χ1v) is 9.37. The molecule has 2 aliphatic heterocycles. The molecule has 2 aromatic carbocycles. The van der Waals surface area contributed by atoms with Crippen molar-refractivity contribution < 1.29 is 13.9 Å². The average molecular weight is 367 g/mol. The summed E-state index contributed by atoms with van der Waals surface area (Å²) in [4.78, 5) is 21.2. The maximum Gasteiger partial charge on any atom is 0.368 e. The van der Waals surface area contributed by atoms with Gasteiger partial charge in [-0.05, 0) is 68.1 Å². The van der Waals surface area contributed by atoms with Crippen molar-refractivity contribution in [2.75, 3.05) is 26.2 Å². The molecule has 2 aromatic rings. The fourth-order valence-electron chi connectivity index (χ4n) is 3.67. The summed E-state index contributed by atoms with van der Waals surface area (Å²) in [6, 6.07) is 11.8. The van der Waals surface area contributed by atoms with Crippen molar-refractivity contribution in [1.29, 1.82) is 0 Å². The molecule has 27 heavy (non-hydrogen) atoms. The van der Waals surface area contributed by atoms with Gasteiger partial charge in [-0.25, -0.2) is 9.18 Å². The third-order valence-corrected chi connectivity index (χ3v) is 5.20. The highest BCUT2D eigenvalue weighted by molar-refractivity contribution is 5.77. The largest absolute Gasteiger partial charge is 0.492 e. The van der Waals surface area contributed by atoms with Crippen molar-refractivity contribution in [2.24, 2.45) is 15.9 Å². The molecule has 4 rings (SSSR count). The molecule has 140 valence electrons. The van der Waals surface area contributed by atoms with E-state index >= 15 is 0 Å². The van der Waals surface area contributed by atoms with Crippen molar-refractivity contribution in [3.63, 3.8) is 0 Å². The number of halogens is 1. The number of rotatable bonds is 6. The Bertz CT molecular complexity index is 935. The van der Waals surface area contributed by atoms with Crippen LogP contribution in [0.25, 0.3) is 0 Å². The summed E-state index contributed by atoms with van der Waals surface area (Å²) in [6.45, 7) is 3.59. The molecule has 0 N–H and O–H groups in total. The van der Waals surface area contributed by atoms with Crippen LogP contribution >= 0.6 is 0 Å². The summed E-state index contributed by atoms with van der Waals surface area (Å²) in [5, 5.41) is 1.19. The van der Waals surface area contributed by atoms with Gasteiger partial charge in [0.15, 0.2) is 0 Å². The monoisotopic (exact) mass is 367 g/mol. The SMILES string of the molecule is O=C1N=c2ccc(OCCN3CCC(Cc4ccc(F)cc4)CC3)cc2=N1. The van der Waals surface area contributed by atoms with Crippen LogP contribution in [0.1, 0.15) is 18.4 Å². The van der Waals surface area contributed by atoms with Crippen LogP contribution in [0.4, 0.5) is 9.18 Å². The summed E-state index contributed by atoms with van der Waals surface area (Å²) in [5.74, 6) is 1.20. The van der Waals surface area contributed by atoms with E-state index in [2.05, 4.69) is 14.9 Å². The van der Waals surface area contributed by atoms with E-state index in [9.17, 15) is 9.18 Å². The Morgan fingerprint density at radius 1 is 1.04 bits per heavy atom.